The Bertz CT molecular complexity index is 1090. The Morgan fingerprint density at radius 1 is 0.893 bits per heavy atom. The molecule has 0 N–H and O–H groups in total. The molecule has 28 heavy (non-hydrogen) atoms. The molecule has 0 aliphatic heterocycles. The van der Waals surface area contributed by atoms with Gasteiger partial charge in [0.2, 0.25) is 0 Å². The van der Waals surface area contributed by atoms with Gasteiger partial charge < -0.3 is 0 Å². The van der Waals surface area contributed by atoms with Gasteiger partial charge in [0.15, 0.2) is 11.0 Å². The van der Waals surface area contributed by atoms with Gasteiger partial charge in [-0.25, -0.2) is 8.78 Å². The first-order chi connectivity index (χ1) is 13.6. The molecule has 7 heteroatoms. The highest BCUT2D eigenvalue weighted by molar-refractivity contribution is 7.98. The average molecular weight is 394 g/mol. The Morgan fingerprint density at radius 3 is 2.32 bits per heavy atom. The molecule has 0 aliphatic carbocycles. The van der Waals surface area contributed by atoms with Gasteiger partial charge >= 0.3 is 0 Å². The molecule has 4 rings (SSSR count). The number of hydrogen-bond donors (Lipinski definition) is 0. The van der Waals surface area contributed by atoms with Crippen molar-refractivity contribution in [2.75, 3.05) is 0 Å². The topological polar surface area (TPSA) is 43.6 Å². The Balaban J connectivity index is 1.78. The predicted molar refractivity (Wildman–Crippen MR) is 105 cm³/mol. The van der Waals surface area contributed by atoms with Crippen molar-refractivity contribution >= 4 is 11.8 Å². The zero-order chi connectivity index (χ0) is 19.5. The minimum Gasteiger partial charge on any atom is -0.270 e. The van der Waals surface area contributed by atoms with Crippen LogP contribution in [0.3, 0.4) is 0 Å². The summed E-state index contributed by atoms with van der Waals surface area (Å²) in [7, 11) is 0. The lowest BCUT2D eigenvalue weighted by Gasteiger charge is -2.13. The van der Waals surface area contributed by atoms with E-state index in [0.717, 1.165) is 16.8 Å². The summed E-state index contributed by atoms with van der Waals surface area (Å²) in [6.45, 7) is 2.00. The van der Waals surface area contributed by atoms with Crippen LogP contribution >= 0.6 is 11.8 Å². The first kappa shape index (κ1) is 18.3. The van der Waals surface area contributed by atoms with Crippen LogP contribution in [0.4, 0.5) is 8.78 Å². The molecule has 0 saturated carbocycles. The molecule has 2 aromatic heterocycles. The molecular formula is C21H16F2N4S. The van der Waals surface area contributed by atoms with Gasteiger partial charge in [0.25, 0.3) is 0 Å². The summed E-state index contributed by atoms with van der Waals surface area (Å²) in [4.78, 5) is 4.05. The lowest BCUT2D eigenvalue weighted by molar-refractivity contribution is 0.566. The lowest BCUT2D eigenvalue weighted by Crippen LogP contribution is -2.02. The fraction of sp³-hybridized carbons (Fsp3) is 0.0952. The van der Waals surface area contributed by atoms with Crippen LogP contribution < -0.4 is 0 Å². The van der Waals surface area contributed by atoms with E-state index in [9.17, 15) is 8.78 Å². The zero-order valence-corrected chi connectivity index (χ0v) is 15.8. The average Bonchev–Trinajstić information content (AvgIpc) is 3.12. The summed E-state index contributed by atoms with van der Waals surface area (Å²) in [6, 6.07) is 15.4. The van der Waals surface area contributed by atoms with Crippen molar-refractivity contribution in [2.24, 2.45) is 0 Å². The van der Waals surface area contributed by atoms with E-state index in [1.54, 1.807) is 12.4 Å². The molecular weight excluding hydrogens is 378 g/mol. The Morgan fingerprint density at radius 2 is 1.61 bits per heavy atom. The quantitative estimate of drug-likeness (QED) is 0.436. The molecule has 2 heterocycles. The maximum Gasteiger partial charge on any atom is 0.196 e. The number of thioether (sulfide) groups is 1. The first-order valence-corrected chi connectivity index (χ1v) is 9.61. The van der Waals surface area contributed by atoms with Gasteiger partial charge in [-0.15, -0.1) is 10.2 Å². The molecule has 0 fully saturated rings. The summed E-state index contributed by atoms with van der Waals surface area (Å²) < 4.78 is 29.9. The minimum atomic E-state index is -0.566. The number of benzene rings is 2. The zero-order valence-electron chi connectivity index (χ0n) is 15.0. The van der Waals surface area contributed by atoms with Crippen LogP contribution in [0.2, 0.25) is 0 Å². The molecule has 0 spiro atoms. The second-order valence-electron chi connectivity index (χ2n) is 6.15. The van der Waals surface area contributed by atoms with Crippen LogP contribution in [0.15, 0.2) is 72.1 Å². The molecule has 4 aromatic rings. The van der Waals surface area contributed by atoms with Crippen molar-refractivity contribution in [1.29, 1.82) is 0 Å². The molecule has 0 saturated heterocycles. The summed E-state index contributed by atoms with van der Waals surface area (Å²) in [5, 5.41) is 9.19. The standard InChI is InChI=1S/C21H16F2N4S/c1-14-5-2-3-8-19(14)27-20(15-9-11-24-12-10-15)25-26-21(27)28-13-16-17(22)6-4-7-18(16)23/h2-12H,13H2,1H3. The van der Waals surface area contributed by atoms with Crippen molar-refractivity contribution in [3.63, 3.8) is 0 Å². The minimum absolute atomic E-state index is 0.0253. The fourth-order valence-electron chi connectivity index (χ4n) is 2.89. The third-order valence-electron chi connectivity index (χ3n) is 4.34. The van der Waals surface area contributed by atoms with Gasteiger partial charge in [-0.05, 0) is 42.8 Å². The number of halogens is 2. The number of aromatic nitrogens is 4. The van der Waals surface area contributed by atoms with E-state index in [2.05, 4.69) is 15.2 Å². The third-order valence-corrected chi connectivity index (χ3v) is 5.29. The SMILES string of the molecule is Cc1ccccc1-n1c(SCc2c(F)cccc2F)nnc1-c1ccncc1. The molecule has 140 valence electrons. The molecule has 0 aliphatic rings. The van der Waals surface area contributed by atoms with E-state index in [1.807, 2.05) is 47.9 Å². The van der Waals surface area contributed by atoms with Crippen LogP contribution in [-0.2, 0) is 5.75 Å². The smallest absolute Gasteiger partial charge is 0.196 e. The normalized spacial score (nSPS) is 11.0. The second kappa shape index (κ2) is 7.90. The Hall–Kier alpha value is -3.06. The van der Waals surface area contributed by atoms with Crippen LogP contribution in [0.5, 0.6) is 0 Å². The van der Waals surface area contributed by atoms with Crippen LogP contribution in [-0.4, -0.2) is 19.7 Å². The third kappa shape index (κ3) is 3.53. The number of aryl methyl sites for hydroxylation is 1. The van der Waals surface area contributed by atoms with Crippen molar-refractivity contribution < 1.29 is 8.78 Å². The second-order valence-corrected chi connectivity index (χ2v) is 7.10. The molecule has 2 aromatic carbocycles. The number of nitrogens with zero attached hydrogens (tertiary/aromatic N) is 4. The van der Waals surface area contributed by atoms with Crippen molar-refractivity contribution in [3.8, 4) is 17.1 Å². The maximum absolute atomic E-state index is 14.0. The number of rotatable bonds is 5. The van der Waals surface area contributed by atoms with Gasteiger partial charge in [0, 0.05) is 29.3 Å². The van der Waals surface area contributed by atoms with E-state index in [-0.39, 0.29) is 11.3 Å². The predicted octanol–water partition coefficient (Wildman–Crippen LogP) is 5.21. The van der Waals surface area contributed by atoms with Crippen LogP contribution in [0.25, 0.3) is 17.1 Å². The highest BCUT2D eigenvalue weighted by Crippen LogP contribution is 2.31. The number of para-hydroxylation sites is 1. The largest absolute Gasteiger partial charge is 0.270 e. The molecule has 0 bridgehead atoms. The van der Waals surface area contributed by atoms with E-state index in [1.165, 1.54) is 30.0 Å². The van der Waals surface area contributed by atoms with Gasteiger partial charge in [-0.1, -0.05) is 36.0 Å². The summed E-state index contributed by atoms with van der Waals surface area (Å²) in [5.74, 6) is -0.375. The van der Waals surface area contributed by atoms with Gasteiger partial charge in [0.05, 0.1) is 5.69 Å². The monoisotopic (exact) mass is 394 g/mol. The molecule has 0 amide bonds. The first-order valence-electron chi connectivity index (χ1n) is 8.62. The van der Waals surface area contributed by atoms with Crippen molar-refractivity contribution in [2.45, 2.75) is 17.8 Å². The van der Waals surface area contributed by atoms with Gasteiger partial charge in [0.1, 0.15) is 11.6 Å². The van der Waals surface area contributed by atoms with Crippen LogP contribution in [0, 0.1) is 18.6 Å². The molecule has 0 unspecified atom stereocenters. The summed E-state index contributed by atoms with van der Waals surface area (Å²) in [5.41, 5.74) is 2.83. The summed E-state index contributed by atoms with van der Waals surface area (Å²) >= 11 is 1.24. The van der Waals surface area contributed by atoms with Gasteiger partial charge in [-0.2, -0.15) is 0 Å². The van der Waals surface area contributed by atoms with Crippen LogP contribution in [0.1, 0.15) is 11.1 Å². The highest BCUT2D eigenvalue weighted by Gasteiger charge is 2.18. The highest BCUT2D eigenvalue weighted by atomic mass is 32.2. The molecule has 0 atom stereocenters. The molecule has 0 radical (unpaired) electrons. The molecule has 4 nitrogen and oxygen atoms in total. The van der Waals surface area contributed by atoms with E-state index in [4.69, 9.17) is 0 Å². The van der Waals surface area contributed by atoms with Crippen molar-refractivity contribution in [1.82, 2.24) is 19.7 Å². The Kier molecular flexibility index (Phi) is 5.16. The Labute approximate surface area is 165 Å². The fourth-order valence-corrected chi connectivity index (χ4v) is 3.85. The lowest BCUT2D eigenvalue weighted by atomic mass is 10.2. The van der Waals surface area contributed by atoms with Crippen molar-refractivity contribution in [3.05, 3.63) is 89.8 Å². The van der Waals surface area contributed by atoms with E-state index < -0.39 is 11.6 Å². The maximum atomic E-state index is 14.0. The number of pyridine rings is 1. The summed E-state index contributed by atoms with van der Waals surface area (Å²) in [6.07, 6.45) is 3.38. The van der Waals surface area contributed by atoms with E-state index >= 15 is 0 Å². The number of hydrogen-bond acceptors (Lipinski definition) is 4. The van der Waals surface area contributed by atoms with E-state index in [0.29, 0.717) is 11.0 Å². The van der Waals surface area contributed by atoms with Gasteiger partial charge in [-0.3, -0.25) is 9.55 Å².